The van der Waals surface area contributed by atoms with Crippen LogP contribution in [0.15, 0.2) is 29.2 Å². The molecule has 0 aliphatic carbocycles. The van der Waals surface area contributed by atoms with Gasteiger partial charge in [0.25, 0.3) is 5.91 Å². The number of amides is 1. The van der Waals surface area contributed by atoms with E-state index in [4.69, 9.17) is 12.2 Å². The highest BCUT2D eigenvalue weighted by Crippen LogP contribution is 2.29. The third kappa shape index (κ3) is 3.05. The summed E-state index contributed by atoms with van der Waals surface area (Å²) in [6.07, 6.45) is 1.47. The number of ether oxygens (including phenoxy) is 1. The van der Waals surface area contributed by atoms with E-state index in [0.29, 0.717) is 14.8 Å². The summed E-state index contributed by atoms with van der Waals surface area (Å²) >= 11 is 5.92. The Balaban J connectivity index is 2.31. The predicted molar refractivity (Wildman–Crippen MR) is 69.4 cm³/mol. The van der Waals surface area contributed by atoms with Crippen LogP contribution in [-0.2, 0) is 4.79 Å². The number of thiocarbonyl (C=S) groups is 1. The van der Waals surface area contributed by atoms with Gasteiger partial charge in [0.2, 0.25) is 0 Å². The Morgan fingerprint density at radius 1 is 1.39 bits per heavy atom. The van der Waals surface area contributed by atoms with Crippen molar-refractivity contribution in [1.82, 2.24) is 5.32 Å². The second kappa shape index (κ2) is 5.45. The van der Waals surface area contributed by atoms with Crippen LogP contribution < -0.4 is 10.1 Å². The normalized spacial score (nSPS) is 17.4. The Bertz CT molecular complexity index is 532. The molecule has 1 aliphatic heterocycles. The van der Waals surface area contributed by atoms with E-state index in [1.165, 1.54) is 12.1 Å². The molecular formula is C11H7F2NO2S2. The molecule has 1 aromatic rings. The van der Waals surface area contributed by atoms with Gasteiger partial charge in [-0.25, -0.2) is 0 Å². The fourth-order valence-electron chi connectivity index (χ4n) is 1.37. The second-order valence-electron chi connectivity index (χ2n) is 3.27. The molecule has 1 aliphatic rings. The largest absolute Gasteiger partial charge is 0.434 e. The van der Waals surface area contributed by atoms with Crippen LogP contribution in [0.2, 0.25) is 0 Å². The number of para-hydroxylation sites is 1. The molecule has 0 radical (unpaired) electrons. The summed E-state index contributed by atoms with van der Waals surface area (Å²) in [4.78, 5) is 11.8. The maximum Gasteiger partial charge on any atom is 0.387 e. The van der Waals surface area contributed by atoms with Crippen LogP contribution >= 0.6 is 24.0 Å². The minimum atomic E-state index is -2.91. The molecule has 1 aromatic carbocycles. The third-order valence-electron chi connectivity index (χ3n) is 2.06. The molecular weight excluding hydrogens is 280 g/mol. The molecule has 0 atom stereocenters. The van der Waals surface area contributed by atoms with E-state index in [1.54, 1.807) is 18.2 Å². The number of hydrogen-bond acceptors (Lipinski definition) is 4. The number of carbonyl (C=O) groups excluding carboxylic acids is 1. The standard InChI is InChI=1S/C11H7F2NO2S2/c12-10(13)16-7-4-2-1-3-6(7)5-8-9(15)14-11(17)18-8/h1-5,10H,(H,14,15,17)/b8-5+. The van der Waals surface area contributed by atoms with Crippen molar-refractivity contribution in [2.24, 2.45) is 0 Å². The SMILES string of the molecule is O=C1NC(=S)S/C1=C/c1ccccc1OC(F)F. The lowest BCUT2D eigenvalue weighted by molar-refractivity contribution is -0.115. The van der Waals surface area contributed by atoms with Gasteiger partial charge in [-0.3, -0.25) is 4.79 Å². The van der Waals surface area contributed by atoms with Crippen molar-refractivity contribution in [2.75, 3.05) is 0 Å². The maximum atomic E-state index is 12.2. The number of nitrogens with one attached hydrogen (secondary N) is 1. The molecule has 1 heterocycles. The first-order valence-electron chi connectivity index (χ1n) is 4.85. The lowest BCUT2D eigenvalue weighted by Crippen LogP contribution is -2.17. The van der Waals surface area contributed by atoms with Gasteiger partial charge in [-0.05, 0) is 12.1 Å². The summed E-state index contributed by atoms with van der Waals surface area (Å²) in [6, 6.07) is 6.24. The molecule has 0 saturated carbocycles. The Kier molecular flexibility index (Phi) is 3.93. The summed E-state index contributed by atoms with van der Waals surface area (Å²) in [5, 5.41) is 2.45. The summed E-state index contributed by atoms with van der Waals surface area (Å²) in [6.45, 7) is -2.91. The fourth-order valence-corrected chi connectivity index (χ4v) is 2.40. The van der Waals surface area contributed by atoms with Crippen LogP contribution in [0.5, 0.6) is 5.75 Å². The molecule has 3 nitrogen and oxygen atoms in total. The Hall–Kier alpha value is -1.47. The van der Waals surface area contributed by atoms with Crippen LogP contribution in [0.25, 0.3) is 6.08 Å². The van der Waals surface area contributed by atoms with Crippen molar-refractivity contribution in [3.8, 4) is 5.75 Å². The monoisotopic (exact) mass is 287 g/mol. The van der Waals surface area contributed by atoms with Gasteiger partial charge < -0.3 is 10.1 Å². The molecule has 18 heavy (non-hydrogen) atoms. The Morgan fingerprint density at radius 3 is 2.72 bits per heavy atom. The average molecular weight is 287 g/mol. The zero-order valence-electron chi connectivity index (χ0n) is 8.85. The van der Waals surface area contributed by atoms with E-state index in [1.807, 2.05) is 0 Å². The highest BCUT2D eigenvalue weighted by atomic mass is 32.2. The molecule has 2 rings (SSSR count). The zero-order chi connectivity index (χ0) is 13.1. The zero-order valence-corrected chi connectivity index (χ0v) is 10.5. The van der Waals surface area contributed by atoms with Gasteiger partial charge in [-0.2, -0.15) is 8.78 Å². The van der Waals surface area contributed by atoms with Crippen LogP contribution in [0.1, 0.15) is 5.56 Å². The van der Waals surface area contributed by atoms with Gasteiger partial charge in [0, 0.05) is 5.56 Å². The molecule has 7 heteroatoms. The summed E-state index contributed by atoms with van der Waals surface area (Å²) < 4.78 is 29.1. The highest BCUT2D eigenvalue weighted by molar-refractivity contribution is 8.26. The molecule has 0 bridgehead atoms. The lowest BCUT2D eigenvalue weighted by Gasteiger charge is -2.07. The summed E-state index contributed by atoms with van der Waals surface area (Å²) in [7, 11) is 0. The molecule has 0 spiro atoms. The van der Waals surface area contributed by atoms with Crippen molar-refractivity contribution >= 4 is 40.3 Å². The predicted octanol–water partition coefficient (Wildman–Crippen LogP) is 2.78. The minimum Gasteiger partial charge on any atom is -0.434 e. The van der Waals surface area contributed by atoms with Crippen molar-refractivity contribution in [3.63, 3.8) is 0 Å². The van der Waals surface area contributed by atoms with Crippen LogP contribution in [0, 0.1) is 0 Å². The van der Waals surface area contributed by atoms with E-state index in [-0.39, 0.29) is 11.7 Å². The number of halogens is 2. The lowest BCUT2D eigenvalue weighted by atomic mass is 10.2. The number of alkyl halides is 2. The number of rotatable bonds is 3. The quantitative estimate of drug-likeness (QED) is 0.685. The first-order valence-corrected chi connectivity index (χ1v) is 6.07. The van der Waals surface area contributed by atoms with E-state index in [9.17, 15) is 13.6 Å². The molecule has 1 N–H and O–H groups in total. The van der Waals surface area contributed by atoms with Gasteiger partial charge in [-0.15, -0.1) is 0 Å². The third-order valence-corrected chi connectivity index (χ3v) is 3.23. The first kappa shape index (κ1) is 13.0. The van der Waals surface area contributed by atoms with Crippen molar-refractivity contribution in [2.45, 2.75) is 6.61 Å². The fraction of sp³-hybridized carbons (Fsp3) is 0.0909. The number of thioether (sulfide) groups is 1. The first-order chi connectivity index (χ1) is 8.56. The number of hydrogen-bond donors (Lipinski definition) is 1. The minimum absolute atomic E-state index is 0.0196. The van der Waals surface area contributed by atoms with Crippen LogP contribution in [-0.4, -0.2) is 16.8 Å². The van der Waals surface area contributed by atoms with E-state index in [2.05, 4.69) is 10.1 Å². The maximum absolute atomic E-state index is 12.2. The van der Waals surface area contributed by atoms with Gasteiger partial charge in [0.15, 0.2) is 0 Å². The van der Waals surface area contributed by atoms with Crippen LogP contribution in [0.4, 0.5) is 8.78 Å². The smallest absolute Gasteiger partial charge is 0.387 e. The van der Waals surface area contributed by atoms with Crippen LogP contribution in [0.3, 0.4) is 0 Å². The molecule has 0 unspecified atom stereocenters. The van der Waals surface area contributed by atoms with Crippen molar-refractivity contribution < 1.29 is 18.3 Å². The number of benzene rings is 1. The Labute approximate surface area is 111 Å². The summed E-state index contributed by atoms with van der Waals surface area (Å²) in [5.74, 6) is -0.317. The van der Waals surface area contributed by atoms with Gasteiger partial charge in [0.1, 0.15) is 10.1 Å². The average Bonchev–Trinajstić information content (AvgIpc) is 2.59. The summed E-state index contributed by atoms with van der Waals surface area (Å²) in [5.41, 5.74) is 0.403. The highest BCUT2D eigenvalue weighted by Gasteiger charge is 2.22. The van der Waals surface area contributed by atoms with E-state index >= 15 is 0 Å². The Morgan fingerprint density at radius 2 is 2.11 bits per heavy atom. The molecule has 1 saturated heterocycles. The van der Waals surface area contributed by atoms with E-state index in [0.717, 1.165) is 11.8 Å². The number of carbonyl (C=O) groups is 1. The van der Waals surface area contributed by atoms with E-state index < -0.39 is 6.61 Å². The topological polar surface area (TPSA) is 38.3 Å². The van der Waals surface area contributed by atoms with Gasteiger partial charge >= 0.3 is 6.61 Å². The van der Waals surface area contributed by atoms with Crippen molar-refractivity contribution in [1.29, 1.82) is 0 Å². The molecule has 1 amide bonds. The second-order valence-corrected chi connectivity index (χ2v) is 4.99. The van der Waals surface area contributed by atoms with Gasteiger partial charge in [0.05, 0.1) is 4.91 Å². The van der Waals surface area contributed by atoms with Crippen molar-refractivity contribution in [3.05, 3.63) is 34.7 Å². The molecule has 94 valence electrons. The molecule has 0 aromatic heterocycles. The molecule has 1 fully saturated rings. The van der Waals surface area contributed by atoms with Gasteiger partial charge in [-0.1, -0.05) is 42.2 Å².